The molecule has 2 amide bonds. The number of amides is 2. The maximum absolute atomic E-state index is 12.3. The normalized spacial score (nSPS) is 20.1. The summed E-state index contributed by atoms with van der Waals surface area (Å²) in [6, 6.07) is 10.2. The van der Waals surface area contributed by atoms with E-state index in [0.29, 0.717) is 32.5 Å². The summed E-state index contributed by atoms with van der Waals surface area (Å²) in [5.41, 5.74) is 0. The fraction of sp³-hybridized carbons (Fsp3) is 0.529. The van der Waals surface area contributed by atoms with E-state index in [1.165, 1.54) is 4.90 Å². The lowest BCUT2D eigenvalue weighted by atomic mass is 9.97. The predicted molar refractivity (Wildman–Crippen MR) is 89.6 cm³/mol. The molecule has 0 radical (unpaired) electrons. The summed E-state index contributed by atoms with van der Waals surface area (Å²) in [4.78, 5) is 26.2. The Kier molecular flexibility index (Phi) is 4.80. The maximum Gasteiger partial charge on any atom is 0.317 e. The number of rotatable bonds is 5. The average molecular weight is 334 g/mol. The number of carboxylic acids is 1. The number of benzene rings is 1. The molecule has 0 unspecified atom stereocenters. The molecule has 1 aliphatic carbocycles. The van der Waals surface area contributed by atoms with E-state index in [1.807, 2.05) is 30.0 Å². The minimum absolute atomic E-state index is 0.0613. The fourth-order valence-corrected chi connectivity index (χ4v) is 4.11. The number of carbonyl (C=O) groups excluding carboxylic acids is 1. The van der Waals surface area contributed by atoms with Gasteiger partial charge in [0.05, 0.1) is 5.92 Å². The van der Waals surface area contributed by atoms with Crippen LogP contribution in [-0.2, 0) is 4.79 Å². The van der Waals surface area contributed by atoms with Gasteiger partial charge >= 0.3 is 12.0 Å². The monoisotopic (exact) mass is 334 g/mol. The number of hydrogen-bond acceptors (Lipinski definition) is 3. The van der Waals surface area contributed by atoms with E-state index < -0.39 is 5.97 Å². The van der Waals surface area contributed by atoms with Gasteiger partial charge in [0.2, 0.25) is 0 Å². The topological polar surface area (TPSA) is 69.6 Å². The highest BCUT2D eigenvalue weighted by atomic mass is 32.2. The molecule has 3 rings (SSSR count). The number of thioether (sulfide) groups is 1. The predicted octanol–water partition coefficient (Wildman–Crippen LogP) is 2.82. The Morgan fingerprint density at radius 2 is 1.87 bits per heavy atom. The lowest BCUT2D eigenvalue weighted by Crippen LogP contribution is -2.47. The molecule has 124 valence electrons. The molecule has 0 atom stereocenters. The molecule has 0 spiro atoms. The molecular weight excluding hydrogens is 312 g/mol. The van der Waals surface area contributed by atoms with Gasteiger partial charge in [0.15, 0.2) is 0 Å². The van der Waals surface area contributed by atoms with E-state index in [4.69, 9.17) is 5.11 Å². The zero-order chi connectivity index (χ0) is 16.3. The van der Waals surface area contributed by atoms with Gasteiger partial charge in [0.25, 0.3) is 0 Å². The Balaban J connectivity index is 1.45. The van der Waals surface area contributed by atoms with Gasteiger partial charge in [0.1, 0.15) is 0 Å². The first kappa shape index (κ1) is 16.2. The summed E-state index contributed by atoms with van der Waals surface area (Å²) in [5, 5.41) is 12.0. The third kappa shape index (κ3) is 4.19. The van der Waals surface area contributed by atoms with Crippen LogP contribution >= 0.6 is 11.8 Å². The van der Waals surface area contributed by atoms with Crippen molar-refractivity contribution in [1.29, 1.82) is 0 Å². The van der Waals surface area contributed by atoms with Crippen molar-refractivity contribution in [2.24, 2.45) is 5.92 Å². The van der Waals surface area contributed by atoms with E-state index in [-0.39, 0.29) is 16.7 Å². The lowest BCUT2D eigenvalue weighted by Gasteiger charge is -2.30. The van der Waals surface area contributed by atoms with Crippen LogP contribution in [0.15, 0.2) is 35.2 Å². The van der Waals surface area contributed by atoms with Crippen molar-refractivity contribution < 1.29 is 14.7 Å². The minimum atomic E-state index is -0.749. The molecule has 2 aliphatic rings. The second-order valence-corrected chi connectivity index (χ2v) is 7.90. The molecule has 23 heavy (non-hydrogen) atoms. The summed E-state index contributed by atoms with van der Waals surface area (Å²) < 4.78 is 0.135. The summed E-state index contributed by atoms with van der Waals surface area (Å²) >= 11 is 1.84. The highest BCUT2D eigenvalue weighted by Crippen LogP contribution is 2.51. The third-order valence-corrected chi connectivity index (χ3v) is 6.07. The number of aliphatic carboxylic acids is 1. The Morgan fingerprint density at radius 1 is 1.22 bits per heavy atom. The first-order valence-corrected chi connectivity index (χ1v) is 8.89. The van der Waals surface area contributed by atoms with Gasteiger partial charge in [-0.2, -0.15) is 0 Å². The van der Waals surface area contributed by atoms with Crippen LogP contribution in [0.3, 0.4) is 0 Å². The Hall–Kier alpha value is -1.69. The largest absolute Gasteiger partial charge is 0.481 e. The molecule has 1 saturated heterocycles. The van der Waals surface area contributed by atoms with Crippen molar-refractivity contribution in [1.82, 2.24) is 10.2 Å². The molecule has 1 heterocycles. The highest BCUT2D eigenvalue weighted by molar-refractivity contribution is 8.01. The zero-order valence-corrected chi connectivity index (χ0v) is 13.8. The summed E-state index contributed by atoms with van der Waals surface area (Å²) in [6.07, 6.45) is 3.33. The summed E-state index contributed by atoms with van der Waals surface area (Å²) in [5.74, 6) is -1.05. The van der Waals surface area contributed by atoms with Gasteiger partial charge in [-0.05, 0) is 37.8 Å². The van der Waals surface area contributed by atoms with Crippen LogP contribution in [0.5, 0.6) is 0 Å². The van der Waals surface area contributed by atoms with Crippen LogP contribution in [0.1, 0.15) is 25.7 Å². The van der Waals surface area contributed by atoms with Crippen molar-refractivity contribution >= 4 is 23.8 Å². The summed E-state index contributed by atoms with van der Waals surface area (Å²) in [7, 11) is 0. The second kappa shape index (κ2) is 6.83. The molecule has 0 bridgehead atoms. The number of nitrogens with zero attached hydrogens (tertiary/aromatic N) is 1. The van der Waals surface area contributed by atoms with Crippen LogP contribution in [0, 0.1) is 5.92 Å². The van der Waals surface area contributed by atoms with Crippen molar-refractivity contribution in [2.45, 2.75) is 35.3 Å². The maximum atomic E-state index is 12.3. The van der Waals surface area contributed by atoms with Crippen molar-refractivity contribution in [3.63, 3.8) is 0 Å². The van der Waals surface area contributed by atoms with Crippen molar-refractivity contribution in [2.75, 3.05) is 19.6 Å². The number of carboxylic acid groups (broad SMARTS) is 1. The van der Waals surface area contributed by atoms with E-state index in [0.717, 1.165) is 12.8 Å². The molecule has 1 aliphatic heterocycles. The van der Waals surface area contributed by atoms with Gasteiger partial charge in [-0.15, -0.1) is 11.8 Å². The van der Waals surface area contributed by atoms with Gasteiger partial charge in [-0.1, -0.05) is 18.2 Å². The van der Waals surface area contributed by atoms with Gasteiger partial charge in [0, 0.05) is 29.3 Å². The Morgan fingerprint density at radius 3 is 2.43 bits per heavy atom. The fourth-order valence-electron chi connectivity index (χ4n) is 2.87. The Bertz CT molecular complexity index is 566. The molecule has 0 aromatic heterocycles. The number of piperidine rings is 1. The second-order valence-electron chi connectivity index (χ2n) is 6.36. The van der Waals surface area contributed by atoms with Gasteiger partial charge in [-0.25, -0.2) is 4.79 Å². The van der Waals surface area contributed by atoms with Crippen LogP contribution in [0.25, 0.3) is 0 Å². The molecule has 1 aromatic rings. The van der Waals surface area contributed by atoms with E-state index in [9.17, 15) is 9.59 Å². The van der Waals surface area contributed by atoms with Crippen molar-refractivity contribution in [3.05, 3.63) is 30.3 Å². The third-order valence-electron chi connectivity index (χ3n) is 4.58. The molecule has 5 nitrogen and oxygen atoms in total. The number of nitrogens with one attached hydrogen (secondary N) is 1. The lowest BCUT2D eigenvalue weighted by molar-refractivity contribution is -0.143. The molecule has 2 fully saturated rings. The van der Waals surface area contributed by atoms with Crippen LogP contribution in [0.2, 0.25) is 0 Å². The Labute approximate surface area is 140 Å². The number of hydrogen-bond donors (Lipinski definition) is 2. The van der Waals surface area contributed by atoms with Gasteiger partial charge < -0.3 is 15.3 Å². The van der Waals surface area contributed by atoms with Crippen LogP contribution in [0.4, 0.5) is 4.79 Å². The van der Waals surface area contributed by atoms with Crippen LogP contribution in [-0.4, -0.2) is 46.4 Å². The van der Waals surface area contributed by atoms with Crippen molar-refractivity contribution in [3.8, 4) is 0 Å². The molecule has 6 heteroatoms. The SMILES string of the molecule is O=C(O)C1CCN(C(=O)NCC2(Sc3ccccc3)CC2)CC1. The summed E-state index contributed by atoms with van der Waals surface area (Å²) in [6.45, 7) is 1.73. The molecule has 1 aromatic carbocycles. The minimum Gasteiger partial charge on any atom is -0.481 e. The first-order valence-electron chi connectivity index (χ1n) is 8.08. The van der Waals surface area contributed by atoms with Gasteiger partial charge in [-0.3, -0.25) is 4.79 Å². The smallest absolute Gasteiger partial charge is 0.317 e. The van der Waals surface area contributed by atoms with Crippen LogP contribution < -0.4 is 5.32 Å². The molecular formula is C17H22N2O3S. The van der Waals surface area contributed by atoms with E-state index in [1.54, 1.807) is 4.90 Å². The quantitative estimate of drug-likeness (QED) is 0.869. The molecule has 1 saturated carbocycles. The number of likely N-dealkylation sites (tertiary alicyclic amines) is 1. The average Bonchev–Trinajstić information content (AvgIpc) is 3.33. The number of carbonyl (C=O) groups is 2. The standard InChI is InChI=1S/C17H22N2O3S/c20-15(21)13-6-10-19(11-7-13)16(22)18-12-17(8-9-17)23-14-4-2-1-3-5-14/h1-5,13H,6-12H2,(H,18,22)(H,20,21). The first-order chi connectivity index (χ1) is 11.1. The van der Waals surface area contributed by atoms with E-state index in [2.05, 4.69) is 17.4 Å². The highest BCUT2D eigenvalue weighted by Gasteiger charge is 2.44. The molecule has 2 N–H and O–H groups in total. The zero-order valence-electron chi connectivity index (χ0n) is 13.0. The van der Waals surface area contributed by atoms with E-state index >= 15 is 0 Å². The number of urea groups is 1.